The lowest BCUT2D eigenvalue weighted by Gasteiger charge is -2.17. The largest absolute Gasteiger partial charge is 0.338 e. The van der Waals surface area contributed by atoms with Gasteiger partial charge in [-0.25, -0.2) is 4.98 Å². The van der Waals surface area contributed by atoms with Crippen molar-refractivity contribution in [2.75, 3.05) is 13.1 Å². The minimum absolute atomic E-state index is 1.03. The first kappa shape index (κ1) is 10.7. The minimum atomic E-state index is 1.03. The van der Waals surface area contributed by atoms with E-state index >= 15 is 0 Å². The Hall–Kier alpha value is -0.830. The van der Waals surface area contributed by atoms with E-state index in [1.54, 1.807) is 0 Å². The fraction of sp³-hybridized carbons (Fsp3) is 0.750. The molecule has 0 amide bonds. The summed E-state index contributed by atoms with van der Waals surface area (Å²) in [4.78, 5) is 7.09. The van der Waals surface area contributed by atoms with Crippen LogP contribution in [0.15, 0.2) is 6.20 Å². The van der Waals surface area contributed by atoms with Crippen molar-refractivity contribution in [1.29, 1.82) is 0 Å². The van der Waals surface area contributed by atoms with Gasteiger partial charge in [-0.05, 0) is 32.9 Å². The highest BCUT2D eigenvalue weighted by atomic mass is 15.1. The van der Waals surface area contributed by atoms with Gasteiger partial charge in [0, 0.05) is 19.8 Å². The Kier molecular flexibility index (Phi) is 3.41. The Morgan fingerprint density at radius 3 is 2.40 bits per heavy atom. The highest BCUT2D eigenvalue weighted by Crippen LogP contribution is 2.12. The lowest BCUT2D eigenvalue weighted by molar-refractivity contribution is 0.274. The molecule has 2 rings (SSSR count). The Morgan fingerprint density at radius 1 is 1.20 bits per heavy atom. The van der Waals surface area contributed by atoms with Gasteiger partial charge in [0.2, 0.25) is 0 Å². The lowest BCUT2D eigenvalue weighted by atomic mass is 10.2. The van der Waals surface area contributed by atoms with Gasteiger partial charge < -0.3 is 4.57 Å². The molecule has 0 N–H and O–H groups in total. The quantitative estimate of drug-likeness (QED) is 0.740. The van der Waals surface area contributed by atoms with Crippen molar-refractivity contribution >= 4 is 0 Å². The van der Waals surface area contributed by atoms with E-state index in [1.807, 2.05) is 0 Å². The minimum Gasteiger partial charge on any atom is -0.338 e. The van der Waals surface area contributed by atoms with Crippen LogP contribution in [0.25, 0.3) is 0 Å². The summed E-state index contributed by atoms with van der Waals surface area (Å²) in [5, 5.41) is 0. The molecule has 1 saturated heterocycles. The van der Waals surface area contributed by atoms with Crippen LogP contribution in [0, 0.1) is 6.92 Å². The van der Waals surface area contributed by atoms with Crippen molar-refractivity contribution in [1.82, 2.24) is 14.5 Å². The van der Waals surface area contributed by atoms with E-state index in [2.05, 4.69) is 34.6 Å². The first-order chi connectivity index (χ1) is 7.25. The smallest absolute Gasteiger partial charge is 0.105 e. The van der Waals surface area contributed by atoms with Crippen molar-refractivity contribution < 1.29 is 0 Å². The van der Waals surface area contributed by atoms with Crippen molar-refractivity contribution in [3.63, 3.8) is 0 Å². The van der Waals surface area contributed by atoms with E-state index < -0.39 is 0 Å². The average molecular weight is 207 g/mol. The first-order valence-electron chi connectivity index (χ1n) is 5.97. The average Bonchev–Trinajstić information content (AvgIpc) is 2.45. The molecule has 0 spiro atoms. The van der Waals surface area contributed by atoms with Gasteiger partial charge in [-0.15, -0.1) is 0 Å². The van der Waals surface area contributed by atoms with Gasteiger partial charge in [0.15, 0.2) is 0 Å². The van der Waals surface area contributed by atoms with E-state index in [0.717, 1.165) is 12.4 Å². The fourth-order valence-corrected chi connectivity index (χ4v) is 2.23. The molecule has 1 aliphatic heterocycles. The molecular weight excluding hydrogens is 186 g/mol. The molecule has 1 aromatic rings. The maximum Gasteiger partial charge on any atom is 0.105 e. The molecule has 3 heteroatoms. The lowest BCUT2D eigenvalue weighted by Crippen LogP contribution is -2.24. The van der Waals surface area contributed by atoms with Gasteiger partial charge >= 0.3 is 0 Å². The van der Waals surface area contributed by atoms with Crippen LogP contribution in [0.1, 0.15) is 37.2 Å². The SMILES string of the molecule is Cc1nc(CN2CCCCCC2)cn1C. The third-order valence-corrected chi connectivity index (χ3v) is 3.24. The second-order valence-corrected chi connectivity index (χ2v) is 4.58. The first-order valence-corrected chi connectivity index (χ1v) is 5.97. The van der Waals surface area contributed by atoms with E-state index in [1.165, 1.54) is 44.5 Å². The zero-order chi connectivity index (χ0) is 10.7. The van der Waals surface area contributed by atoms with E-state index in [9.17, 15) is 0 Å². The maximum absolute atomic E-state index is 4.56. The molecule has 15 heavy (non-hydrogen) atoms. The van der Waals surface area contributed by atoms with Crippen molar-refractivity contribution in [2.45, 2.75) is 39.2 Å². The zero-order valence-electron chi connectivity index (χ0n) is 9.87. The summed E-state index contributed by atoms with van der Waals surface area (Å²) >= 11 is 0. The normalized spacial score (nSPS) is 19.1. The Morgan fingerprint density at radius 2 is 1.87 bits per heavy atom. The van der Waals surface area contributed by atoms with Gasteiger partial charge in [0.25, 0.3) is 0 Å². The number of likely N-dealkylation sites (tertiary alicyclic amines) is 1. The van der Waals surface area contributed by atoms with Crippen LogP contribution in [0.5, 0.6) is 0 Å². The van der Waals surface area contributed by atoms with Crippen molar-refractivity contribution in [2.24, 2.45) is 7.05 Å². The molecule has 0 saturated carbocycles. The summed E-state index contributed by atoms with van der Waals surface area (Å²) in [6.45, 7) is 5.58. The Bertz CT molecular complexity index is 289. The second-order valence-electron chi connectivity index (χ2n) is 4.58. The maximum atomic E-state index is 4.56. The highest BCUT2D eigenvalue weighted by molar-refractivity contribution is 5.02. The van der Waals surface area contributed by atoms with Crippen LogP contribution in [0.3, 0.4) is 0 Å². The van der Waals surface area contributed by atoms with Crippen molar-refractivity contribution in [3.05, 3.63) is 17.7 Å². The van der Waals surface area contributed by atoms with Crippen LogP contribution >= 0.6 is 0 Å². The van der Waals surface area contributed by atoms with Crippen LogP contribution in [-0.4, -0.2) is 27.5 Å². The summed E-state index contributed by atoms with van der Waals surface area (Å²) in [5.41, 5.74) is 1.22. The molecule has 0 unspecified atom stereocenters. The molecule has 3 nitrogen and oxygen atoms in total. The summed E-state index contributed by atoms with van der Waals surface area (Å²) in [6, 6.07) is 0. The van der Waals surface area contributed by atoms with Crippen LogP contribution in [0.2, 0.25) is 0 Å². The second kappa shape index (κ2) is 4.79. The van der Waals surface area contributed by atoms with E-state index in [0.29, 0.717) is 0 Å². The summed E-state index contributed by atoms with van der Waals surface area (Å²) in [6.07, 6.45) is 7.66. The molecule has 0 aliphatic carbocycles. The topological polar surface area (TPSA) is 21.1 Å². The van der Waals surface area contributed by atoms with Gasteiger partial charge in [-0.1, -0.05) is 12.8 Å². The predicted molar refractivity (Wildman–Crippen MR) is 61.7 cm³/mol. The number of hydrogen-bond donors (Lipinski definition) is 0. The Balaban J connectivity index is 1.95. The highest BCUT2D eigenvalue weighted by Gasteiger charge is 2.11. The number of imidazole rings is 1. The molecule has 1 aliphatic rings. The number of aryl methyl sites for hydroxylation is 2. The van der Waals surface area contributed by atoms with Gasteiger partial charge in [0.1, 0.15) is 5.82 Å². The number of hydrogen-bond acceptors (Lipinski definition) is 2. The molecule has 1 aromatic heterocycles. The summed E-state index contributed by atoms with van der Waals surface area (Å²) in [7, 11) is 2.06. The molecule has 0 atom stereocenters. The number of aromatic nitrogens is 2. The molecule has 84 valence electrons. The molecule has 0 aromatic carbocycles. The van der Waals surface area contributed by atoms with Gasteiger partial charge in [-0.2, -0.15) is 0 Å². The monoisotopic (exact) mass is 207 g/mol. The van der Waals surface area contributed by atoms with Gasteiger partial charge in [0.05, 0.1) is 5.69 Å². The molecular formula is C12H21N3. The van der Waals surface area contributed by atoms with Crippen LogP contribution in [0.4, 0.5) is 0 Å². The van der Waals surface area contributed by atoms with E-state index in [4.69, 9.17) is 0 Å². The van der Waals surface area contributed by atoms with E-state index in [-0.39, 0.29) is 0 Å². The standard InChI is InChI=1S/C12H21N3/c1-11-13-12(9-14(11)2)10-15-7-5-3-4-6-8-15/h9H,3-8,10H2,1-2H3. The summed E-state index contributed by atoms with van der Waals surface area (Å²) in [5.74, 6) is 1.11. The van der Waals surface area contributed by atoms with Gasteiger partial charge in [-0.3, -0.25) is 4.90 Å². The molecule has 2 heterocycles. The zero-order valence-corrected chi connectivity index (χ0v) is 9.87. The fourth-order valence-electron chi connectivity index (χ4n) is 2.23. The number of nitrogens with zero attached hydrogens (tertiary/aromatic N) is 3. The summed E-state index contributed by atoms with van der Waals surface area (Å²) < 4.78 is 2.10. The molecule has 0 radical (unpaired) electrons. The Labute approximate surface area is 92.1 Å². The van der Waals surface area contributed by atoms with Crippen LogP contribution in [-0.2, 0) is 13.6 Å². The molecule has 1 fully saturated rings. The third-order valence-electron chi connectivity index (χ3n) is 3.24. The predicted octanol–water partition coefficient (Wildman–Crippen LogP) is 2.10. The molecule has 0 bridgehead atoms. The van der Waals surface area contributed by atoms with Crippen LogP contribution < -0.4 is 0 Å². The third kappa shape index (κ3) is 2.81. The number of rotatable bonds is 2. The van der Waals surface area contributed by atoms with Crippen molar-refractivity contribution in [3.8, 4) is 0 Å².